The molecule has 4 aliphatic carbocycles. The number of nitrogens with zero attached hydrogens (tertiary/aromatic N) is 4. The van der Waals surface area contributed by atoms with Gasteiger partial charge in [0.1, 0.15) is 0 Å². The predicted molar refractivity (Wildman–Crippen MR) is 248 cm³/mol. The summed E-state index contributed by atoms with van der Waals surface area (Å²) in [5.74, 6) is 1.64. The Morgan fingerprint density at radius 1 is 0.517 bits per heavy atom. The van der Waals surface area contributed by atoms with Crippen molar-refractivity contribution in [1.82, 2.24) is 19.1 Å². The van der Waals surface area contributed by atoms with Crippen molar-refractivity contribution in [3.63, 3.8) is 0 Å². The van der Waals surface area contributed by atoms with Crippen LogP contribution in [-0.4, -0.2) is 30.6 Å². The Balaban J connectivity index is 0.960. The SMILES string of the molecule is Cc1ccccc1-n1c(SCCCCSc2nc3c(c(=O)n2-c2ccccc2C)C2(CCCCC2)Cc2ccccc2-3)nc2c(c1=O)C1(CCCCC1)Cc1ccccc1-2. The first-order chi connectivity index (χ1) is 29.4. The molecule has 0 unspecified atom stereocenters. The number of unbranched alkanes of at least 4 members (excludes halogenated alkanes) is 1. The largest absolute Gasteiger partial charge is 0.268 e. The van der Waals surface area contributed by atoms with Gasteiger partial charge in [-0.25, -0.2) is 9.97 Å². The summed E-state index contributed by atoms with van der Waals surface area (Å²) in [6, 6.07) is 33.8. The van der Waals surface area contributed by atoms with E-state index in [1.54, 1.807) is 23.5 Å². The third-order valence-electron chi connectivity index (χ3n) is 14.1. The number of hydrogen-bond acceptors (Lipinski definition) is 6. The van der Waals surface area contributed by atoms with Gasteiger partial charge in [0.05, 0.1) is 33.9 Å². The first kappa shape index (κ1) is 39.5. The van der Waals surface area contributed by atoms with Crippen molar-refractivity contribution in [3.8, 4) is 33.9 Å². The van der Waals surface area contributed by atoms with Gasteiger partial charge in [0.15, 0.2) is 10.3 Å². The van der Waals surface area contributed by atoms with Crippen LogP contribution < -0.4 is 11.1 Å². The molecule has 0 N–H and O–H groups in total. The van der Waals surface area contributed by atoms with Gasteiger partial charge in [0, 0.05) is 33.5 Å². The van der Waals surface area contributed by atoms with E-state index < -0.39 is 0 Å². The predicted octanol–water partition coefficient (Wildman–Crippen LogP) is 11.9. The van der Waals surface area contributed by atoms with E-state index in [-0.39, 0.29) is 21.9 Å². The van der Waals surface area contributed by atoms with Crippen molar-refractivity contribution < 1.29 is 0 Å². The lowest BCUT2D eigenvalue weighted by Gasteiger charge is -2.42. The molecular weight excluding hydrogens is 777 g/mol. The van der Waals surface area contributed by atoms with Crippen molar-refractivity contribution in [3.05, 3.63) is 151 Å². The fourth-order valence-corrected chi connectivity index (χ4v) is 13.1. The maximum Gasteiger partial charge on any atom is 0.263 e. The van der Waals surface area contributed by atoms with Gasteiger partial charge in [-0.2, -0.15) is 0 Å². The van der Waals surface area contributed by atoms with Crippen molar-refractivity contribution in [1.29, 1.82) is 0 Å². The molecule has 2 aromatic heterocycles. The standard InChI is InChI=1S/C52H54N4O2S2/c1-35-19-5-11-25-41(35)55-47(57)43-45(39-23-9-7-21-37(39)33-51(43)27-13-3-14-28-51)53-49(55)59-31-17-18-32-60-50-54-46-40-24-10-8-22-38(40)34-52(29-15-4-16-30-52)44(46)48(58)56(50)42-26-12-6-20-36(42)2/h5-12,19-26H,3-4,13-18,27-34H2,1-2H3. The molecule has 2 fully saturated rings. The maximum absolute atomic E-state index is 15.1. The number of aromatic nitrogens is 4. The molecule has 10 rings (SSSR count). The molecule has 0 radical (unpaired) electrons. The summed E-state index contributed by atoms with van der Waals surface area (Å²) >= 11 is 3.39. The first-order valence-electron chi connectivity index (χ1n) is 22.3. The molecular formula is C52H54N4O2S2. The average molecular weight is 831 g/mol. The summed E-state index contributed by atoms with van der Waals surface area (Å²) in [7, 11) is 0. The van der Waals surface area contributed by atoms with Crippen LogP contribution in [0.2, 0.25) is 0 Å². The number of fused-ring (bicyclic) bond motifs is 8. The lowest BCUT2D eigenvalue weighted by molar-refractivity contribution is 0.283. The minimum Gasteiger partial charge on any atom is -0.268 e. The summed E-state index contributed by atoms with van der Waals surface area (Å²) in [4.78, 5) is 41.2. The van der Waals surface area contributed by atoms with Crippen LogP contribution in [0.5, 0.6) is 0 Å². The Bertz CT molecular complexity index is 2530. The van der Waals surface area contributed by atoms with E-state index in [2.05, 4.69) is 86.6 Å². The van der Waals surface area contributed by atoms with E-state index in [1.165, 1.54) is 24.0 Å². The van der Waals surface area contributed by atoms with Crippen LogP contribution in [0.4, 0.5) is 0 Å². The molecule has 0 saturated heterocycles. The Hall–Kier alpha value is -4.66. The Labute approximate surface area is 362 Å². The molecule has 2 spiro atoms. The van der Waals surface area contributed by atoms with E-state index in [1.807, 2.05) is 33.4 Å². The molecule has 6 nitrogen and oxygen atoms in total. The van der Waals surface area contributed by atoms with Gasteiger partial charge in [-0.15, -0.1) is 0 Å². The topological polar surface area (TPSA) is 69.8 Å². The number of aryl methyl sites for hydroxylation is 2. The number of hydrogen-bond donors (Lipinski definition) is 0. The van der Waals surface area contributed by atoms with E-state index in [9.17, 15) is 0 Å². The molecule has 0 amide bonds. The molecule has 0 atom stereocenters. The van der Waals surface area contributed by atoms with Crippen LogP contribution in [0, 0.1) is 13.8 Å². The minimum absolute atomic E-state index is 0.105. The normalized spacial score (nSPS) is 17.2. The third-order valence-corrected chi connectivity index (χ3v) is 16.2. The van der Waals surface area contributed by atoms with E-state index >= 15 is 9.59 Å². The molecule has 4 aliphatic rings. The van der Waals surface area contributed by atoms with Gasteiger partial charge in [-0.05, 0) is 99.6 Å². The van der Waals surface area contributed by atoms with Gasteiger partial charge >= 0.3 is 0 Å². The summed E-state index contributed by atoms with van der Waals surface area (Å²) in [6.45, 7) is 4.19. The van der Waals surface area contributed by atoms with Gasteiger partial charge in [0.2, 0.25) is 0 Å². The van der Waals surface area contributed by atoms with Crippen LogP contribution in [-0.2, 0) is 23.7 Å². The summed E-state index contributed by atoms with van der Waals surface area (Å²) < 4.78 is 3.87. The highest BCUT2D eigenvalue weighted by Gasteiger charge is 2.45. The fourth-order valence-electron chi connectivity index (χ4n) is 11.2. The summed E-state index contributed by atoms with van der Waals surface area (Å²) in [6.07, 6.45) is 14.9. The van der Waals surface area contributed by atoms with Gasteiger partial charge in [-0.1, -0.05) is 147 Å². The molecule has 0 bridgehead atoms. The first-order valence-corrected chi connectivity index (χ1v) is 24.2. The highest BCUT2D eigenvalue weighted by molar-refractivity contribution is 7.99. The van der Waals surface area contributed by atoms with Crippen LogP contribution in [0.25, 0.3) is 33.9 Å². The van der Waals surface area contributed by atoms with Crippen molar-refractivity contribution in [2.75, 3.05) is 11.5 Å². The number of rotatable bonds is 9. The average Bonchev–Trinajstić information content (AvgIpc) is 3.26. The smallest absolute Gasteiger partial charge is 0.263 e. The molecule has 0 aliphatic heterocycles. The van der Waals surface area contributed by atoms with Crippen LogP contribution >= 0.6 is 23.5 Å². The monoisotopic (exact) mass is 830 g/mol. The molecule has 2 saturated carbocycles. The van der Waals surface area contributed by atoms with Crippen molar-refractivity contribution in [2.45, 2.75) is 125 Å². The van der Waals surface area contributed by atoms with Gasteiger partial charge in [-0.3, -0.25) is 18.7 Å². The molecule has 2 heterocycles. The summed E-state index contributed by atoms with van der Waals surface area (Å²) in [5.41, 5.74) is 12.4. The second-order valence-corrected chi connectivity index (χ2v) is 20.0. The Morgan fingerprint density at radius 3 is 1.32 bits per heavy atom. The molecule has 306 valence electrons. The van der Waals surface area contributed by atoms with Crippen LogP contribution in [0.1, 0.15) is 110 Å². The van der Waals surface area contributed by atoms with E-state index in [4.69, 9.17) is 9.97 Å². The highest BCUT2D eigenvalue weighted by Crippen LogP contribution is 2.51. The van der Waals surface area contributed by atoms with Crippen LogP contribution in [0.15, 0.2) is 117 Å². The zero-order valence-electron chi connectivity index (χ0n) is 35.0. The van der Waals surface area contributed by atoms with Gasteiger partial charge < -0.3 is 0 Å². The number of thioether (sulfide) groups is 2. The molecule has 4 aromatic carbocycles. The molecule has 6 aromatic rings. The Morgan fingerprint density at radius 2 is 0.900 bits per heavy atom. The minimum atomic E-state index is -0.167. The second-order valence-electron chi connectivity index (χ2n) is 17.8. The van der Waals surface area contributed by atoms with E-state index in [0.29, 0.717) is 0 Å². The molecule has 60 heavy (non-hydrogen) atoms. The number of benzene rings is 4. The lowest BCUT2D eigenvalue weighted by atomic mass is 9.62. The second kappa shape index (κ2) is 16.3. The quantitative estimate of drug-likeness (QED) is 0.0821. The highest BCUT2D eigenvalue weighted by atomic mass is 32.2. The van der Waals surface area contributed by atoms with Crippen molar-refractivity contribution in [2.24, 2.45) is 0 Å². The van der Waals surface area contributed by atoms with Crippen molar-refractivity contribution >= 4 is 23.5 Å². The third kappa shape index (κ3) is 6.82. The lowest BCUT2D eigenvalue weighted by Crippen LogP contribution is -2.43. The summed E-state index contributed by atoms with van der Waals surface area (Å²) in [5, 5.41) is 1.53. The number of para-hydroxylation sites is 2. The zero-order valence-corrected chi connectivity index (χ0v) is 36.6. The zero-order chi connectivity index (χ0) is 40.8. The van der Waals surface area contributed by atoms with Crippen LogP contribution in [0.3, 0.4) is 0 Å². The maximum atomic E-state index is 15.1. The van der Waals surface area contributed by atoms with Gasteiger partial charge in [0.25, 0.3) is 11.1 Å². The Kier molecular flexibility index (Phi) is 10.7. The fraction of sp³-hybridized carbons (Fsp3) is 0.385. The van der Waals surface area contributed by atoms with E-state index in [0.717, 1.165) is 155 Å². The molecule has 8 heteroatoms.